The number of aromatic nitrogens is 3. The van der Waals surface area contributed by atoms with Crippen molar-refractivity contribution in [1.29, 1.82) is 0 Å². The molecule has 1 saturated heterocycles. The lowest BCUT2D eigenvalue weighted by molar-refractivity contribution is -0.164. The summed E-state index contributed by atoms with van der Waals surface area (Å²) >= 11 is 18.4. The Morgan fingerprint density at radius 3 is 2.29 bits per heavy atom. The van der Waals surface area contributed by atoms with Crippen molar-refractivity contribution in [2.24, 2.45) is 11.8 Å². The van der Waals surface area contributed by atoms with Crippen LogP contribution in [0.4, 0.5) is 5.69 Å². The molecule has 0 spiro atoms. The third kappa shape index (κ3) is 6.41. The van der Waals surface area contributed by atoms with Gasteiger partial charge in [0.05, 0.1) is 45.7 Å². The number of nitrogens with zero attached hydrogens (tertiary/aromatic N) is 4. The van der Waals surface area contributed by atoms with Crippen molar-refractivity contribution < 1.29 is 14.7 Å². The van der Waals surface area contributed by atoms with Crippen molar-refractivity contribution in [2.45, 2.75) is 64.9 Å². The second kappa shape index (κ2) is 11.9. The highest BCUT2D eigenvalue weighted by Crippen LogP contribution is 2.37. The van der Waals surface area contributed by atoms with Crippen molar-refractivity contribution in [3.8, 4) is 5.69 Å². The Balaban J connectivity index is 1.18. The molecule has 0 radical (unpaired) electrons. The number of likely N-dealkylation sites (tertiary alicyclic amines) is 1. The monoisotopic (exact) mass is 617 g/mol. The molecular weight excluding hydrogens is 585 g/mol. The van der Waals surface area contributed by atoms with Crippen LogP contribution in [0, 0.1) is 32.6 Å². The van der Waals surface area contributed by atoms with E-state index in [4.69, 9.17) is 34.8 Å². The number of hydrogen-bond acceptors (Lipinski definition) is 5. The molecule has 2 N–H and O–H groups in total. The Labute approximate surface area is 255 Å². The molecule has 11 heteroatoms. The molecule has 1 aromatic heterocycles. The maximum Gasteiger partial charge on any atom is 0.228 e. The summed E-state index contributed by atoms with van der Waals surface area (Å²) in [6, 6.07) is 7.28. The van der Waals surface area contributed by atoms with Gasteiger partial charge in [0.2, 0.25) is 11.8 Å². The van der Waals surface area contributed by atoms with Gasteiger partial charge in [-0.2, -0.15) is 0 Å². The molecule has 2 aromatic carbocycles. The fourth-order valence-corrected chi connectivity index (χ4v) is 6.75. The van der Waals surface area contributed by atoms with Crippen LogP contribution >= 0.6 is 34.8 Å². The third-order valence-corrected chi connectivity index (χ3v) is 9.28. The van der Waals surface area contributed by atoms with Gasteiger partial charge in [-0.15, -0.1) is 5.10 Å². The first-order valence-corrected chi connectivity index (χ1v) is 15.0. The Hall–Kier alpha value is -2.65. The van der Waals surface area contributed by atoms with Gasteiger partial charge in [-0.05, 0) is 69.7 Å². The summed E-state index contributed by atoms with van der Waals surface area (Å²) in [5.41, 5.74) is 4.23. The van der Waals surface area contributed by atoms with E-state index in [0.717, 1.165) is 35.2 Å². The molecule has 218 valence electrons. The highest BCUT2D eigenvalue weighted by molar-refractivity contribution is 6.43. The zero-order valence-corrected chi connectivity index (χ0v) is 25.7. The van der Waals surface area contributed by atoms with E-state index >= 15 is 0 Å². The number of carbonyl (C=O) groups excluding carboxylic acids is 2. The molecule has 1 saturated carbocycles. The lowest BCUT2D eigenvalue weighted by atomic mass is 9.76. The Morgan fingerprint density at radius 2 is 1.61 bits per heavy atom. The number of benzene rings is 2. The fourth-order valence-electron chi connectivity index (χ4n) is 6.13. The van der Waals surface area contributed by atoms with Crippen molar-refractivity contribution in [3.05, 3.63) is 67.9 Å². The highest BCUT2D eigenvalue weighted by atomic mass is 35.5. The Morgan fingerprint density at radius 1 is 0.976 bits per heavy atom. The minimum atomic E-state index is -1.01. The second-order valence-electron chi connectivity index (χ2n) is 11.6. The maximum absolute atomic E-state index is 13.5. The second-order valence-corrected chi connectivity index (χ2v) is 12.8. The SMILES string of the molecule is Cc1cc(C)c(NC(=O)C2CCCCC2C(=O)N2CC(O)(CCc3cn(-c4cc(Cl)c(Cl)cc4Cl)nn3)C2)c(C)c1. The number of amides is 2. The molecule has 2 amide bonds. The first kappa shape index (κ1) is 29.8. The summed E-state index contributed by atoms with van der Waals surface area (Å²) in [5.74, 6) is -0.908. The van der Waals surface area contributed by atoms with Crippen molar-refractivity contribution >= 4 is 52.3 Å². The zero-order chi connectivity index (χ0) is 29.5. The number of rotatable bonds is 7. The average molecular weight is 619 g/mol. The van der Waals surface area contributed by atoms with Crippen LogP contribution in [0.2, 0.25) is 15.1 Å². The van der Waals surface area contributed by atoms with E-state index in [1.807, 2.05) is 20.8 Å². The third-order valence-electron chi connectivity index (χ3n) is 8.25. The van der Waals surface area contributed by atoms with Gasteiger partial charge in [0.25, 0.3) is 0 Å². The van der Waals surface area contributed by atoms with Crippen LogP contribution in [0.3, 0.4) is 0 Å². The van der Waals surface area contributed by atoms with Gasteiger partial charge in [-0.1, -0.05) is 70.6 Å². The summed E-state index contributed by atoms with van der Waals surface area (Å²) in [6.07, 6.45) is 5.83. The van der Waals surface area contributed by atoms with Gasteiger partial charge in [0, 0.05) is 17.5 Å². The lowest BCUT2D eigenvalue weighted by Gasteiger charge is -2.48. The smallest absolute Gasteiger partial charge is 0.228 e. The highest BCUT2D eigenvalue weighted by Gasteiger charge is 2.47. The van der Waals surface area contributed by atoms with E-state index in [2.05, 4.69) is 27.8 Å². The number of aliphatic hydroxyl groups is 1. The number of β-amino-alcohol motifs (C(OH)–C–C–N with tert-alkyl or cyclic N) is 1. The van der Waals surface area contributed by atoms with E-state index in [1.165, 1.54) is 4.68 Å². The molecule has 1 aliphatic carbocycles. The lowest BCUT2D eigenvalue weighted by Crippen LogP contribution is -2.65. The fraction of sp³-hybridized carbons (Fsp3) is 0.467. The predicted octanol–water partition coefficient (Wildman–Crippen LogP) is 6.10. The molecule has 3 aromatic rings. The standard InChI is InChI=1S/C30H34Cl3N5O3/c1-17-10-18(2)27(19(3)11-17)34-28(39)21-6-4-5-7-22(21)29(40)37-15-30(41,16-37)9-8-20-14-38(36-35-20)26-13-24(32)23(31)12-25(26)33/h10-14,21-22,41H,4-9,15-16H2,1-3H3,(H,34,39). The van der Waals surface area contributed by atoms with Gasteiger partial charge in [-0.25, -0.2) is 4.68 Å². The first-order valence-electron chi connectivity index (χ1n) is 13.9. The number of hydrogen-bond donors (Lipinski definition) is 2. The van der Waals surface area contributed by atoms with E-state index in [1.54, 1.807) is 23.2 Å². The molecule has 2 heterocycles. The molecule has 5 rings (SSSR count). The predicted molar refractivity (Wildman–Crippen MR) is 161 cm³/mol. The van der Waals surface area contributed by atoms with E-state index in [0.29, 0.717) is 52.1 Å². The molecule has 2 unspecified atom stereocenters. The Bertz CT molecular complexity index is 1460. The normalized spacial score (nSPS) is 20.0. The van der Waals surface area contributed by atoms with E-state index in [9.17, 15) is 14.7 Å². The van der Waals surface area contributed by atoms with Crippen LogP contribution in [-0.4, -0.2) is 55.5 Å². The Kier molecular flexibility index (Phi) is 8.67. The van der Waals surface area contributed by atoms with Crippen LogP contribution < -0.4 is 5.32 Å². The van der Waals surface area contributed by atoms with Crippen LogP contribution in [0.25, 0.3) is 5.69 Å². The summed E-state index contributed by atoms with van der Waals surface area (Å²) in [6.45, 7) is 6.48. The summed E-state index contributed by atoms with van der Waals surface area (Å²) in [5, 5.41) is 23.6. The summed E-state index contributed by atoms with van der Waals surface area (Å²) in [7, 11) is 0. The molecule has 0 bridgehead atoms. The number of anilines is 1. The summed E-state index contributed by atoms with van der Waals surface area (Å²) < 4.78 is 1.52. The largest absolute Gasteiger partial charge is 0.386 e. The molecule has 2 fully saturated rings. The average Bonchev–Trinajstić information content (AvgIpc) is 3.38. The van der Waals surface area contributed by atoms with E-state index in [-0.39, 0.29) is 36.7 Å². The van der Waals surface area contributed by atoms with Crippen LogP contribution in [0.5, 0.6) is 0 Å². The van der Waals surface area contributed by atoms with Crippen molar-refractivity contribution in [1.82, 2.24) is 19.9 Å². The zero-order valence-electron chi connectivity index (χ0n) is 23.4. The van der Waals surface area contributed by atoms with Crippen LogP contribution in [-0.2, 0) is 16.0 Å². The van der Waals surface area contributed by atoms with Gasteiger partial charge in [0.15, 0.2) is 0 Å². The first-order chi connectivity index (χ1) is 19.4. The molecule has 2 atom stereocenters. The topological polar surface area (TPSA) is 100 Å². The van der Waals surface area contributed by atoms with Crippen molar-refractivity contribution in [2.75, 3.05) is 18.4 Å². The quantitative estimate of drug-likeness (QED) is 0.312. The summed E-state index contributed by atoms with van der Waals surface area (Å²) in [4.78, 5) is 28.6. The molecule has 41 heavy (non-hydrogen) atoms. The maximum atomic E-state index is 13.5. The van der Waals surface area contributed by atoms with E-state index < -0.39 is 5.60 Å². The van der Waals surface area contributed by atoms with Crippen LogP contribution in [0.15, 0.2) is 30.5 Å². The van der Waals surface area contributed by atoms with Gasteiger partial charge < -0.3 is 15.3 Å². The van der Waals surface area contributed by atoms with Gasteiger partial charge in [-0.3, -0.25) is 9.59 Å². The molecule has 1 aliphatic heterocycles. The van der Waals surface area contributed by atoms with Crippen molar-refractivity contribution in [3.63, 3.8) is 0 Å². The minimum Gasteiger partial charge on any atom is -0.386 e. The minimum absolute atomic E-state index is 0.0490. The molecular formula is C30H34Cl3N5O3. The van der Waals surface area contributed by atoms with Crippen LogP contribution in [0.1, 0.15) is 54.5 Å². The molecule has 2 aliphatic rings. The number of aryl methyl sites for hydroxylation is 4. The number of carbonyl (C=O) groups is 2. The molecule has 8 nitrogen and oxygen atoms in total. The van der Waals surface area contributed by atoms with Gasteiger partial charge >= 0.3 is 0 Å². The van der Waals surface area contributed by atoms with Gasteiger partial charge in [0.1, 0.15) is 5.60 Å². The number of nitrogens with one attached hydrogen (secondary N) is 1. The number of halogens is 3.